The minimum absolute atomic E-state index is 0.169. The predicted octanol–water partition coefficient (Wildman–Crippen LogP) is 1.69. The number of amides is 1. The highest BCUT2D eigenvalue weighted by atomic mass is 16.5. The number of nitrogens with one attached hydrogen (secondary N) is 1. The molecule has 1 fully saturated rings. The van der Waals surface area contributed by atoms with Crippen molar-refractivity contribution in [2.45, 2.75) is 19.3 Å². The highest BCUT2D eigenvalue weighted by molar-refractivity contribution is 5.94. The molecule has 20 heavy (non-hydrogen) atoms. The molecule has 108 valence electrons. The first kappa shape index (κ1) is 13.4. The molecule has 0 aromatic heterocycles. The number of piperidine rings is 1. The second kappa shape index (κ2) is 5.83. The van der Waals surface area contributed by atoms with E-state index in [9.17, 15) is 4.79 Å². The predicted molar refractivity (Wildman–Crippen MR) is 78.2 cm³/mol. The van der Waals surface area contributed by atoms with Crippen molar-refractivity contribution in [3.8, 4) is 5.75 Å². The van der Waals surface area contributed by atoms with Crippen molar-refractivity contribution in [3.63, 3.8) is 0 Å². The van der Waals surface area contributed by atoms with Crippen LogP contribution in [0.5, 0.6) is 5.75 Å². The Morgan fingerprint density at radius 1 is 1.40 bits per heavy atom. The van der Waals surface area contributed by atoms with Crippen LogP contribution in [-0.2, 0) is 6.42 Å². The van der Waals surface area contributed by atoms with Crippen LogP contribution < -0.4 is 10.1 Å². The number of hydrogen-bond acceptors (Lipinski definition) is 3. The molecule has 1 aromatic rings. The Hall–Kier alpha value is -1.55. The number of likely N-dealkylation sites (tertiary alicyclic amines) is 1. The second-order valence-electron chi connectivity index (χ2n) is 5.71. The van der Waals surface area contributed by atoms with Gasteiger partial charge in [-0.25, -0.2) is 0 Å². The molecular weight excluding hydrogens is 252 g/mol. The summed E-state index contributed by atoms with van der Waals surface area (Å²) >= 11 is 0. The molecule has 1 aromatic carbocycles. The summed E-state index contributed by atoms with van der Waals surface area (Å²) in [5.74, 6) is 1.81. The van der Waals surface area contributed by atoms with E-state index in [-0.39, 0.29) is 5.91 Å². The Balaban J connectivity index is 1.65. The van der Waals surface area contributed by atoms with E-state index in [1.54, 1.807) is 0 Å². The lowest BCUT2D eigenvalue weighted by molar-refractivity contribution is 0.0691. The van der Waals surface area contributed by atoms with Crippen LogP contribution in [0.4, 0.5) is 0 Å². The fraction of sp³-hybridized carbons (Fsp3) is 0.562. The number of rotatable bonds is 3. The Kier molecular flexibility index (Phi) is 3.92. The number of carbonyl (C=O) groups is 1. The minimum Gasteiger partial charge on any atom is -0.493 e. The maximum absolute atomic E-state index is 12.5. The van der Waals surface area contributed by atoms with Crippen molar-refractivity contribution in [1.82, 2.24) is 10.2 Å². The van der Waals surface area contributed by atoms with Gasteiger partial charge in [-0.2, -0.15) is 0 Å². The van der Waals surface area contributed by atoms with Crippen molar-refractivity contribution in [3.05, 3.63) is 29.3 Å². The Morgan fingerprint density at radius 3 is 2.95 bits per heavy atom. The van der Waals surface area contributed by atoms with Crippen LogP contribution in [0.2, 0.25) is 0 Å². The zero-order chi connectivity index (χ0) is 13.9. The van der Waals surface area contributed by atoms with Crippen LogP contribution in [-0.4, -0.2) is 44.1 Å². The summed E-state index contributed by atoms with van der Waals surface area (Å²) in [4.78, 5) is 14.5. The zero-order valence-electron chi connectivity index (χ0n) is 12.0. The first-order valence-electron chi connectivity index (χ1n) is 7.47. The quantitative estimate of drug-likeness (QED) is 0.912. The number of nitrogens with zero attached hydrogens (tertiary/aromatic N) is 1. The van der Waals surface area contributed by atoms with Gasteiger partial charge in [0.15, 0.2) is 0 Å². The van der Waals surface area contributed by atoms with Gasteiger partial charge in [0.25, 0.3) is 5.91 Å². The topological polar surface area (TPSA) is 41.6 Å². The molecule has 2 aliphatic heterocycles. The molecule has 3 rings (SSSR count). The van der Waals surface area contributed by atoms with Gasteiger partial charge >= 0.3 is 0 Å². The van der Waals surface area contributed by atoms with Gasteiger partial charge in [0, 0.05) is 25.1 Å². The number of carbonyl (C=O) groups excluding carboxylic acids is 1. The molecule has 2 heterocycles. The van der Waals surface area contributed by atoms with Gasteiger partial charge in [-0.3, -0.25) is 4.79 Å². The van der Waals surface area contributed by atoms with Crippen molar-refractivity contribution in [1.29, 1.82) is 0 Å². The van der Waals surface area contributed by atoms with E-state index in [0.717, 1.165) is 56.8 Å². The monoisotopic (exact) mass is 274 g/mol. The number of ether oxygens (including phenoxy) is 1. The third-order valence-corrected chi connectivity index (χ3v) is 4.33. The molecule has 0 atom stereocenters. The van der Waals surface area contributed by atoms with E-state index in [1.807, 2.05) is 30.1 Å². The average molecular weight is 274 g/mol. The molecule has 0 aliphatic carbocycles. The summed E-state index contributed by atoms with van der Waals surface area (Å²) in [5.41, 5.74) is 1.97. The molecule has 0 bridgehead atoms. The van der Waals surface area contributed by atoms with Crippen molar-refractivity contribution >= 4 is 5.91 Å². The standard InChI is InChI=1S/C16H22N2O2/c1-17-11-12-4-7-18(8-5-12)16(19)14-2-3-15-13(10-14)6-9-20-15/h2-3,10,12,17H,4-9,11H2,1H3. The summed E-state index contributed by atoms with van der Waals surface area (Å²) in [7, 11) is 1.99. The number of benzene rings is 1. The zero-order valence-corrected chi connectivity index (χ0v) is 12.0. The lowest BCUT2D eigenvalue weighted by Gasteiger charge is -2.32. The van der Waals surface area contributed by atoms with Crippen LogP contribution in [0.25, 0.3) is 0 Å². The smallest absolute Gasteiger partial charge is 0.253 e. The van der Waals surface area contributed by atoms with Crippen LogP contribution in [0, 0.1) is 5.92 Å². The number of fused-ring (bicyclic) bond motifs is 1. The summed E-state index contributed by atoms with van der Waals surface area (Å²) in [6.07, 6.45) is 3.11. The molecule has 0 unspecified atom stereocenters. The SMILES string of the molecule is CNCC1CCN(C(=O)c2ccc3c(c2)CCO3)CC1. The summed E-state index contributed by atoms with van der Waals surface area (Å²) in [6.45, 7) is 3.54. The van der Waals surface area contributed by atoms with Gasteiger partial charge in [-0.15, -0.1) is 0 Å². The van der Waals surface area contributed by atoms with Gasteiger partial charge in [-0.05, 0) is 56.1 Å². The fourth-order valence-electron chi connectivity index (χ4n) is 3.13. The molecule has 4 nitrogen and oxygen atoms in total. The molecule has 1 N–H and O–H groups in total. The maximum atomic E-state index is 12.5. The van der Waals surface area contributed by atoms with Gasteiger partial charge in [-0.1, -0.05) is 0 Å². The molecule has 1 saturated heterocycles. The highest BCUT2D eigenvalue weighted by Crippen LogP contribution is 2.27. The van der Waals surface area contributed by atoms with E-state index in [4.69, 9.17) is 4.74 Å². The van der Waals surface area contributed by atoms with Crippen LogP contribution in [0.15, 0.2) is 18.2 Å². The van der Waals surface area contributed by atoms with Gasteiger partial charge in [0.1, 0.15) is 5.75 Å². The van der Waals surface area contributed by atoms with Gasteiger partial charge in [0.2, 0.25) is 0 Å². The van der Waals surface area contributed by atoms with Crippen LogP contribution in [0.1, 0.15) is 28.8 Å². The van der Waals surface area contributed by atoms with Crippen molar-refractivity contribution in [2.75, 3.05) is 33.3 Å². The largest absolute Gasteiger partial charge is 0.493 e. The average Bonchev–Trinajstić information content (AvgIpc) is 2.95. The minimum atomic E-state index is 0.169. The molecule has 0 spiro atoms. The number of hydrogen-bond donors (Lipinski definition) is 1. The second-order valence-corrected chi connectivity index (χ2v) is 5.71. The summed E-state index contributed by atoms with van der Waals surface area (Å²) in [6, 6.07) is 5.83. The first-order valence-corrected chi connectivity index (χ1v) is 7.47. The first-order chi connectivity index (χ1) is 9.78. The lowest BCUT2D eigenvalue weighted by Crippen LogP contribution is -2.40. The third-order valence-electron chi connectivity index (χ3n) is 4.33. The Morgan fingerprint density at radius 2 is 2.20 bits per heavy atom. The third kappa shape index (κ3) is 2.66. The molecule has 2 aliphatic rings. The summed E-state index contributed by atoms with van der Waals surface area (Å²) < 4.78 is 5.49. The van der Waals surface area contributed by atoms with E-state index in [2.05, 4.69) is 5.32 Å². The Labute approximate surface area is 120 Å². The molecular formula is C16H22N2O2. The maximum Gasteiger partial charge on any atom is 0.253 e. The van der Waals surface area contributed by atoms with E-state index < -0.39 is 0 Å². The van der Waals surface area contributed by atoms with Gasteiger partial charge in [0.05, 0.1) is 6.61 Å². The molecule has 1 amide bonds. The van der Waals surface area contributed by atoms with Gasteiger partial charge < -0.3 is 15.0 Å². The van der Waals surface area contributed by atoms with Crippen molar-refractivity contribution < 1.29 is 9.53 Å². The Bertz CT molecular complexity index is 493. The van der Waals surface area contributed by atoms with Crippen molar-refractivity contribution in [2.24, 2.45) is 5.92 Å². The molecule has 0 radical (unpaired) electrons. The molecule has 0 saturated carbocycles. The molecule has 4 heteroatoms. The van der Waals surface area contributed by atoms with Crippen LogP contribution >= 0.6 is 0 Å². The van der Waals surface area contributed by atoms with Crippen LogP contribution in [0.3, 0.4) is 0 Å². The van der Waals surface area contributed by atoms with E-state index in [0.29, 0.717) is 5.92 Å². The highest BCUT2D eigenvalue weighted by Gasteiger charge is 2.24. The van der Waals surface area contributed by atoms with E-state index in [1.165, 1.54) is 5.56 Å². The van der Waals surface area contributed by atoms with E-state index >= 15 is 0 Å². The lowest BCUT2D eigenvalue weighted by atomic mass is 9.96. The normalized spacial score (nSPS) is 18.8. The fourth-order valence-corrected chi connectivity index (χ4v) is 3.13. The summed E-state index contributed by atoms with van der Waals surface area (Å²) in [5, 5.41) is 3.22.